The van der Waals surface area contributed by atoms with Gasteiger partial charge in [-0.15, -0.1) is 0 Å². The number of hydrogen-bond acceptors (Lipinski definition) is 2. The number of benzene rings is 1. The second kappa shape index (κ2) is 5.57. The fourth-order valence-corrected chi connectivity index (χ4v) is 3.43. The molecule has 0 bridgehead atoms. The molecule has 3 rings (SSSR count). The predicted octanol–water partition coefficient (Wildman–Crippen LogP) is 2.99. The summed E-state index contributed by atoms with van der Waals surface area (Å²) in [6, 6.07) is 9.80. The molecule has 0 aromatic heterocycles. The summed E-state index contributed by atoms with van der Waals surface area (Å²) in [5.41, 5.74) is 1.75. The van der Waals surface area contributed by atoms with E-state index in [2.05, 4.69) is 5.32 Å². The summed E-state index contributed by atoms with van der Waals surface area (Å²) in [5, 5.41) is 12.8. The number of carboxylic acids is 1. The Morgan fingerprint density at radius 2 is 1.85 bits per heavy atom. The Hall–Kier alpha value is -1.35. The van der Waals surface area contributed by atoms with Crippen LogP contribution in [0.15, 0.2) is 30.3 Å². The van der Waals surface area contributed by atoms with Gasteiger partial charge in [0.15, 0.2) is 0 Å². The van der Waals surface area contributed by atoms with Crippen LogP contribution < -0.4 is 5.32 Å². The molecule has 2 saturated carbocycles. The van der Waals surface area contributed by atoms with Crippen molar-refractivity contribution in [3.63, 3.8) is 0 Å². The summed E-state index contributed by atoms with van der Waals surface area (Å²) in [6.45, 7) is 0. The van der Waals surface area contributed by atoms with Crippen LogP contribution in [0.3, 0.4) is 0 Å². The summed E-state index contributed by atoms with van der Waals surface area (Å²) < 4.78 is 0. The van der Waals surface area contributed by atoms with Gasteiger partial charge in [0, 0.05) is 6.04 Å². The monoisotopic (exact) mass is 273 g/mol. The van der Waals surface area contributed by atoms with Gasteiger partial charge in [0.2, 0.25) is 0 Å². The second-order valence-electron chi connectivity index (χ2n) is 6.52. The molecular weight excluding hydrogens is 250 g/mol. The van der Waals surface area contributed by atoms with E-state index in [9.17, 15) is 9.90 Å². The van der Waals surface area contributed by atoms with Crippen LogP contribution in [0, 0.1) is 5.41 Å². The molecule has 1 spiro atoms. The van der Waals surface area contributed by atoms with Crippen molar-refractivity contribution in [1.82, 2.24) is 5.32 Å². The maximum atomic E-state index is 11.5. The summed E-state index contributed by atoms with van der Waals surface area (Å²) in [4.78, 5) is 11.5. The van der Waals surface area contributed by atoms with E-state index in [0.29, 0.717) is 17.9 Å². The minimum atomic E-state index is -0.736. The number of carbonyl (C=O) groups is 1. The van der Waals surface area contributed by atoms with Gasteiger partial charge >= 0.3 is 5.97 Å². The lowest BCUT2D eigenvalue weighted by Gasteiger charge is -2.31. The Kier molecular flexibility index (Phi) is 3.79. The van der Waals surface area contributed by atoms with Crippen LogP contribution in [0.4, 0.5) is 0 Å². The van der Waals surface area contributed by atoms with Crippen LogP contribution in [-0.4, -0.2) is 23.2 Å². The zero-order chi connectivity index (χ0) is 14.0. The highest BCUT2D eigenvalue weighted by Gasteiger charge is 2.44. The van der Waals surface area contributed by atoms with Crippen LogP contribution in [0.25, 0.3) is 0 Å². The Morgan fingerprint density at radius 3 is 2.40 bits per heavy atom. The summed E-state index contributed by atoms with van der Waals surface area (Å²) in [5.74, 6) is -0.736. The van der Waals surface area contributed by atoms with Crippen molar-refractivity contribution < 1.29 is 9.90 Å². The van der Waals surface area contributed by atoms with Gasteiger partial charge < -0.3 is 10.4 Å². The van der Waals surface area contributed by atoms with Gasteiger partial charge in [0.25, 0.3) is 0 Å². The van der Waals surface area contributed by atoms with E-state index in [1.165, 1.54) is 25.7 Å². The largest absolute Gasteiger partial charge is 0.480 e. The first kappa shape index (κ1) is 13.6. The third kappa shape index (κ3) is 3.21. The zero-order valence-corrected chi connectivity index (χ0v) is 11.8. The van der Waals surface area contributed by atoms with Gasteiger partial charge in [-0.05, 0) is 55.9 Å². The molecule has 0 aliphatic heterocycles. The Labute approximate surface area is 120 Å². The normalized spacial score (nSPS) is 22.6. The standard InChI is InChI=1S/C17H23NO2/c19-16(20)15(12-13-4-2-1-3-5-13)18-14-6-8-17(9-7-14)10-11-17/h1-5,14-15,18H,6-12H2,(H,19,20)/t15-/m0/s1. The van der Waals surface area contributed by atoms with Gasteiger partial charge in [0.1, 0.15) is 6.04 Å². The minimum Gasteiger partial charge on any atom is -0.480 e. The number of aliphatic carboxylic acids is 1. The van der Waals surface area contributed by atoms with E-state index in [0.717, 1.165) is 18.4 Å². The van der Waals surface area contributed by atoms with Gasteiger partial charge in [0.05, 0.1) is 0 Å². The van der Waals surface area contributed by atoms with E-state index in [-0.39, 0.29) is 0 Å². The van der Waals surface area contributed by atoms with Gasteiger partial charge in [-0.2, -0.15) is 0 Å². The van der Waals surface area contributed by atoms with Crippen molar-refractivity contribution in [2.24, 2.45) is 5.41 Å². The van der Waals surface area contributed by atoms with Crippen molar-refractivity contribution >= 4 is 5.97 Å². The molecule has 1 aromatic rings. The third-order valence-corrected chi connectivity index (χ3v) is 5.02. The van der Waals surface area contributed by atoms with Crippen molar-refractivity contribution in [3.05, 3.63) is 35.9 Å². The Morgan fingerprint density at radius 1 is 1.20 bits per heavy atom. The topological polar surface area (TPSA) is 49.3 Å². The van der Waals surface area contributed by atoms with Gasteiger partial charge in [-0.3, -0.25) is 4.79 Å². The lowest BCUT2D eigenvalue weighted by molar-refractivity contribution is -0.139. The highest BCUT2D eigenvalue weighted by atomic mass is 16.4. The molecule has 0 heterocycles. The predicted molar refractivity (Wildman–Crippen MR) is 78.6 cm³/mol. The molecule has 0 unspecified atom stereocenters. The molecule has 0 saturated heterocycles. The molecule has 0 amide bonds. The molecule has 108 valence electrons. The van der Waals surface area contributed by atoms with E-state index < -0.39 is 12.0 Å². The maximum Gasteiger partial charge on any atom is 0.321 e. The van der Waals surface area contributed by atoms with Crippen LogP contribution >= 0.6 is 0 Å². The fourth-order valence-electron chi connectivity index (χ4n) is 3.43. The molecule has 1 atom stereocenters. The van der Waals surface area contributed by atoms with Crippen LogP contribution in [0.1, 0.15) is 44.1 Å². The van der Waals surface area contributed by atoms with Crippen molar-refractivity contribution in [2.45, 2.75) is 57.0 Å². The summed E-state index contributed by atoms with van der Waals surface area (Å²) in [7, 11) is 0. The number of hydrogen-bond donors (Lipinski definition) is 2. The number of rotatable bonds is 5. The van der Waals surface area contributed by atoms with Crippen LogP contribution in [0.2, 0.25) is 0 Å². The molecule has 2 N–H and O–H groups in total. The first-order chi connectivity index (χ1) is 9.67. The van der Waals surface area contributed by atoms with Gasteiger partial charge in [-0.25, -0.2) is 0 Å². The Bertz CT molecular complexity index is 457. The first-order valence-corrected chi connectivity index (χ1v) is 7.70. The highest BCUT2D eigenvalue weighted by Crippen LogP contribution is 2.56. The molecule has 2 fully saturated rings. The molecule has 0 radical (unpaired) electrons. The fraction of sp³-hybridized carbons (Fsp3) is 0.588. The maximum absolute atomic E-state index is 11.5. The summed E-state index contributed by atoms with van der Waals surface area (Å²) in [6.07, 6.45) is 8.19. The average molecular weight is 273 g/mol. The SMILES string of the molecule is O=C(O)[C@H](Cc1ccccc1)NC1CCC2(CC1)CC2. The van der Waals surface area contributed by atoms with Crippen LogP contribution in [-0.2, 0) is 11.2 Å². The molecule has 3 nitrogen and oxygen atoms in total. The summed E-state index contributed by atoms with van der Waals surface area (Å²) >= 11 is 0. The van der Waals surface area contributed by atoms with Crippen molar-refractivity contribution in [1.29, 1.82) is 0 Å². The molecule has 20 heavy (non-hydrogen) atoms. The smallest absolute Gasteiger partial charge is 0.321 e. The van der Waals surface area contributed by atoms with Crippen molar-refractivity contribution in [2.75, 3.05) is 0 Å². The third-order valence-electron chi connectivity index (χ3n) is 5.02. The molecule has 2 aliphatic carbocycles. The Balaban J connectivity index is 1.56. The first-order valence-electron chi connectivity index (χ1n) is 7.70. The highest BCUT2D eigenvalue weighted by molar-refractivity contribution is 5.74. The molecule has 1 aromatic carbocycles. The lowest BCUT2D eigenvalue weighted by Crippen LogP contribution is -2.46. The van der Waals surface area contributed by atoms with E-state index in [1.807, 2.05) is 30.3 Å². The van der Waals surface area contributed by atoms with E-state index >= 15 is 0 Å². The number of carboxylic acid groups (broad SMARTS) is 1. The molecule has 2 aliphatic rings. The van der Waals surface area contributed by atoms with Gasteiger partial charge in [-0.1, -0.05) is 30.3 Å². The molecular formula is C17H23NO2. The average Bonchev–Trinajstić information content (AvgIpc) is 3.21. The van der Waals surface area contributed by atoms with Crippen LogP contribution in [0.5, 0.6) is 0 Å². The lowest BCUT2D eigenvalue weighted by atomic mass is 9.83. The minimum absolute atomic E-state index is 0.381. The zero-order valence-electron chi connectivity index (χ0n) is 11.8. The van der Waals surface area contributed by atoms with E-state index in [4.69, 9.17) is 0 Å². The second-order valence-corrected chi connectivity index (χ2v) is 6.52. The van der Waals surface area contributed by atoms with Crippen molar-refractivity contribution in [3.8, 4) is 0 Å². The molecule has 3 heteroatoms. The quantitative estimate of drug-likeness (QED) is 0.867. The number of nitrogens with one attached hydrogen (secondary N) is 1. The van der Waals surface area contributed by atoms with E-state index in [1.54, 1.807) is 0 Å².